The molecule has 1 aromatic rings. The van der Waals surface area contributed by atoms with Crippen molar-refractivity contribution in [1.29, 1.82) is 0 Å². The lowest BCUT2D eigenvalue weighted by Gasteiger charge is -2.32. The Kier molecular flexibility index (Phi) is 27.9. The van der Waals surface area contributed by atoms with E-state index in [2.05, 4.69) is 42.5 Å². The van der Waals surface area contributed by atoms with E-state index in [1.807, 2.05) is 27.7 Å². The Labute approximate surface area is 459 Å². The summed E-state index contributed by atoms with van der Waals surface area (Å²) in [5.41, 5.74) is 6.68. The van der Waals surface area contributed by atoms with Gasteiger partial charge in [0.05, 0.1) is 6.04 Å². The zero-order valence-electron chi connectivity index (χ0n) is 47.9. The molecule has 1 fully saturated rings. The fraction of sp³-hybridized carbons (Fsp3) is 0.691. The van der Waals surface area contributed by atoms with Gasteiger partial charge in [0, 0.05) is 19.4 Å². The summed E-state index contributed by atoms with van der Waals surface area (Å²) in [7, 11) is 0. The second-order valence-corrected chi connectivity index (χ2v) is 22.8. The first-order valence-electron chi connectivity index (χ1n) is 27.3. The summed E-state index contributed by atoms with van der Waals surface area (Å²) in [4.78, 5) is 150. The van der Waals surface area contributed by atoms with Gasteiger partial charge in [0.2, 0.25) is 53.2 Å². The number of benzene rings is 1. The first-order valence-corrected chi connectivity index (χ1v) is 27.3. The minimum atomic E-state index is -1.57. The molecule has 1 aromatic carbocycles. The molecule has 0 bridgehead atoms. The summed E-state index contributed by atoms with van der Waals surface area (Å²) in [6.45, 7) is 22.7. The van der Waals surface area contributed by atoms with Crippen LogP contribution in [-0.4, -0.2) is 147 Å². The van der Waals surface area contributed by atoms with Crippen LogP contribution in [0.25, 0.3) is 0 Å². The fourth-order valence-electron chi connectivity index (χ4n) is 8.91. The van der Waals surface area contributed by atoms with Crippen molar-refractivity contribution in [2.45, 2.75) is 202 Å². The highest BCUT2D eigenvalue weighted by atomic mass is 16.4. The van der Waals surface area contributed by atoms with Crippen molar-refractivity contribution in [1.82, 2.24) is 47.4 Å². The predicted molar refractivity (Wildman–Crippen MR) is 291 cm³/mol. The van der Waals surface area contributed by atoms with Gasteiger partial charge in [-0.05, 0) is 86.5 Å². The number of aliphatic carboxylic acids is 2. The van der Waals surface area contributed by atoms with Crippen LogP contribution in [0, 0.1) is 35.5 Å². The molecule has 9 amide bonds. The lowest BCUT2D eigenvalue weighted by Crippen LogP contribution is -2.61. The first kappa shape index (κ1) is 67.5. The van der Waals surface area contributed by atoms with Gasteiger partial charge in [0.1, 0.15) is 54.4 Å². The molecule has 2 rings (SSSR count). The molecule has 0 unspecified atom stereocenters. The number of hydrogen-bond acceptors (Lipinski definition) is 12. The van der Waals surface area contributed by atoms with Gasteiger partial charge in [-0.25, -0.2) is 4.79 Å². The van der Waals surface area contributed by atoms with Crippen molar-refractivity contribution in [2.75, 3.05) is 6.54 Å². The summed E-state index contributed by atoms with van der Waals surface area (Å²) in [6.07, 6.45) is 0.225. The molecule has 12 N–H and O–H groups in total. The topological polar surface area (TPSA) is 354 Å². The summed E-state index contributed by atoms with van der Waals surface area (Å²) >= 11 is 0. The van der Waals surface area contributed by atoms with E-state index in [9.17, 15) is 63.0 Å². The number of nitrogens with two attached hydrogens (primary N) is 1. The third kappa shape index (κ3) is 22.4. The summed E-state index contributed by atoms with van der Waals surface area (Å²) in [5, 5.41) is 40.5. The molecule has 0 radical (unpaired) electrons. The third-order valence-corrected chi connectivity index (χ3v) is 13.2. The Morgan fingerprint density at radius 1 is 0.526 bits per heavy atom. The number of rotatable bonds is 32. The van der Waals surface area contributed by atoms with E-state index in [-0.39, 0.29) is 50.0 Å². The van der Waals surface area contributed by atoms with E-state index in [0.717, 1.165) is 0 Å². The maximum absolute atomic E-state index is 14.3. The highest BCUT2D eigenvalue weighted by molar-refractivity contribution is 5.99. The minimum absolute atomic E-state index is 0.0259. The quantitative estimate of drug-likeness (QED) is 0.0487. The molecule has 0 spiro atoms. The van der Waals surface area contributed by atoms with E-state index >= 15 is 0 Å². The van der Waals surface area contributed by atoms with Gasteiger partial charge in [-0.15, -0.1) is 0 Å². The van der Waals surface area contributed by atoms with Gasteiger partial charge in [0.25, 0.3) is 0 Å². The number of hydrogen-bond donors (Lipinski definition) is 11. The molecule has 0 aliphatic carbocycles. The molecule has 0 saturated carbocycles. The molecular weight excluding hydrogens is 1010 g/mol. The van der Waals surface area contributed by atoms with Gasteiger partial charge in [0.15, 0.2) is 0 Å². The third-order valence-electron chi connectivity index (χ3n) is 13.2. The van der Waals surface area contributed by atoms with Crippen LogP contribution < -0.4 is 48.3 Å². The van der Waals surface area contributed by atoms with Crippen LogP contribution in [0.3, 0.4) is 0 Å². The molecule has 1 aliphatic heterocycles. The van der Waals surface area contributed by atoms with Gasteiger partial charge < -0.3 is 63.4 Å². The summed E-state index contributed by atoms with van der Waals surface area (Å²) < 4.78 is 0. The Balaban J connectivity index is 2.38. The predicted octanol–water partition coefficient (Wildman–Crippen LogP) is 1.50. The zero-order valence-corrected chi connectivity index (χ0v) is 47.9. The number of nitrogens with one attached hydrogen (secondary N) is 8. The van der Waals surface area contributed by atoms with E-state index < -0.39 is 156 Å². The molecule has 1 saturated heterocycles. The lowest BCUT2D eigenvalue weighted by molar-refractivity contribution is -0.146. The molecule has 1 aliphatic rings. The van der Waals surface area contributed by atoms with Crippen molar-refractivity contribution in [3.05, 3.63) is 35.9 Å². The largest absolute Gasteiger partial charge is 0.481 e. The maximum atomic E-state index is 14.3. The van der Waals surface area contributed by atoms with Crippen LogP contribution in [0.1, 0.15) is 141 Å². The summed E-state index contributed by atoms with van der Waals surface area (Å²) in [5.74, 6) is -10.6. The minimum Gasteiger partial charge on any atom is -0.481 e. The normalized spacial score (nSPS) is 17.0. The highest BCUT2D eigenvalue weighted by Crippen LogP contribution is 2.22. The number of likely N-dealkylation sites (tertiary alicyclic amines) is 1. The van der Waals surface area contributed by atoms with E-state index in [1.165, 1.54) is 11.8 Å². The Hall–Kier alpha value is -6.65. The second kappa shape index (κ2) is 32.3. The average Bonchev–Trinajstić information content (AvgIpc) is 3.84. The number of amides is 9. The smallest absolute Gasteiger partial charge is 0.326 e. The number of nitrogens with zero attached hydrogens (tertiary/aromatic N) is 1. The Morgan fingerprint density at radius 3 is 1.47 bits per heavy atom. The van der Waals surface area contributed by atoms with Gasteiger partial charge in [-0.1, -0.05) is 113 Å². The van der Waals surface area contributed by atoms with Crippen molar-refractivity contribution in [3.8, 4) is 0 Å². The summed E-state index contributed by atoms with van der Waals surface area (Å²) in [6, 6.07) is -3.46. The van der Waals surface area contributed by atoms with Crippen molar-refractivity contribution in [3.63, 3.8) is 0 Å². The number of carboxylic acid groups (broad SMARTS) is 2. The number of carboxylic acids is 2. The van der Waals surface area contributed by atoms with Crippen molar-refractivity contribution >= 4 is 65.1 Å². The van der Waals surface area contributed by atoms with Gasteiger partial charge in [-0.3, -0.25) is 47.9 Å². The average molecular weight is 1100 g/mol. The highest BCUT2D eigenvalue weighted by Gasteiger charge is 2.41. The molecule has 0 aromatic heterocycles. The van der Waals surface area contributed by atoms with Gasteiger partial charge in [-0.2, -0.15) is 0 Å². The van der Waals surface area contributed by atoms with Crippen LogP contribution in [0.4, 0.5) is 0 Å². The van der Waals surface area contributed by atoms with Crippen LogP contribution in [-0.2, 0) is 59.2 Å². The monoisotopic (exact) mass is 1100 g/mol. The van der Waals surface area contributed by atoms with Crippen LogP contribution in [0.5, 0.6) is 0 Å². The Bertz CT molecular complexity index is 2220. The number of carbonyl (C=O) groups is 11. The standard InChI is InChI=1S/C55H90N10O13/c1-28(2)24-36(56)47(69)60-38(25-29(3)4)50(72)62-43(31(7)8)53(75)57-34(13)46(68)59-40(27-35-18-15-14-16-19-35)49(71)58-37(21-22-42(66)67)48(70)61-39(26-30(5)6)51(73)63-44(32(9)10)54(76)65-23-17-20-41(65)52(74)64-45(33(11)12)55(77)78/h14-16,18-19,28-34,36-41,43-45H,17,20-27,56H2,1-13H3,(H,57,75)(H,58,71)(H,59,68)(H,60,69)(H,61,70)(H,62,72)(H,63,73)(H,64,74)(H,66,67)(H,77,78)/t34-,36-,37-,38-,39-,40-,41-,43-,44-,45-/m0/s1. The van der Waals surface area contributed by atoms with Crippen molar-refractivity contribution in [2.24, 2.45) is 41.2 Å². The maximum Gasteiger partial charge on any atom is 0.326 e. The first-order chi connectivity index (χ1) is 36.3. The van der Waals surface area contributed by atoms with Crippen LogP contribution >= 0.6 is 0 Å². The fourth-order valence-corrected chi connectivity index (χ4v) is 8.91. The molecule has 438 valence electrons. The zero-order chi connectivity index (χ0) is 59.3. The molecule has 23 nitrogen and oxygen atoms in total. The second-order valence-electron chi connectivity index (χ2n) is 22.8. The van der Waals surface area contributed by atoms with Gasteiger partial charge >= 0.3 is 11.9 Å². The van der Waals surface area contributed by atoms with E-state index in [0.29, 0.717) is 18.4 Å². The van der Waals surface area contributed by atoms with Crippen LogP contribution in [0.15, 0.2) is 30.3 Å². The van der Waals surface area contributed by atoms with E-state index in [4.69, 9.17) is 5.73 Å². The Morgan fingerprint density at radius 2 is 0.987 bits per heavy atom. The molecule has 1 heterocycles. The molecule has 10 atom stereocenters. The number of carbonyl (C=O) groups excluding carboxylic acids is 9. The molecule has 23 heteroatoms. The van der Waals surface area contributed by atoms with E-state index in [1.54, 1.807) is 85.7 Å². The molecular formula is C55H90N10O13. The SMILES string of the molecule is CC(C)C[C@H](NC(=O)[C@H](CCC(=O)O)NC(=O)[C@H](Cc1ccccc1)NC(=O)[C@H](C)NC(=O)[C@@H](NC(=O)[C@H](CC(C)C)NC(=O)[C@@H](N)CC(C)C)C(C)C)C(=O)N[C@H](C(=O)N1CCC[C@H]1C(=O)N[C@H](C(=O)O)C(C)C)C(C)C. The lowest BCUT2D eigenvalue weighted by atomic mass is 9.98. The molecule has 78 heavy (non-hydrogen) atoms. The van der Waals surface area contributed by atoms with Crippen LogP contribution in [0.2, 0.25) is 0 Å². The van der Waals surface area contributed by atoms with Crippen molar-refractivity contribution < 1.29 is 63.0 Å².